The number of esters is 1. The van der Waals surface area contributed by atoms with Gasteiger partial charge in [0.2, 0.25) is 11.1 Å². The number of fused-ring (bicyclic) bond motifs is 1. The molecule has 0 fully saturated rings. The fraction of sp³-hybridized carbons (Fsp3) is 0.414. The molecule has 8 nitrogen and oxygen atoms in total. The van der Waals surface area contributed by atoms with Crippen LogP contribution in [0.4, 0.5) is 5.95 Å². The first-order chi connectivity index (χ1) is 18.9. The number of carbonyl (C=O) groups is 1. The molecule has 0 aliphatic carbocycles. The zero-order chi connectivity index (χ0) is 27.9. The van der Waals surface area contributed by atoms with Crippen LogP contribution < -0.4 is 14.8 Å². The summed E-state index contributed by atoms with van der Waals surface area (Å²) >= 11 is 5.26. The Morgan fingerprint density at radius 3 is 2.59 bits per heavy atom. The molecule has 4 rings (SSSR count). The summed E-state index contributed by atoms with van der Waals surface area (Å²) in [6.45, 7) is 11.2. The summed E-state index contributed by atoms with van der Waals surface area (Å²) in [5.74, 6) is 2.21. The molecule has 10 heteroatoms. The van der Waals surface area contributed by atoms with Gasteiger partial charge in [0.25, 0.3) is 0 Å². The lowest BCUT2D eigenvalue weighted by molar-refractivity contribution is -0.139. The van der Waals surface area contributed by atoms with E-state index >= 15 is 0 Å². The smallest absolute Gasteiger partial charge is 0.338 e. The van der Waals surface area contributed by atoms with Gasteiger partial charge in [0, 0.05) is 5.70 Å². The van der Waals surface area contributed by atoms with Crippen molar-refractivity contribution < 1.29 is 19.0 Å². The standard InChI is InChI=1S/C29H35BrN4O4S/c1-6-9-14-37-27(35)24-19(5)31-28-32-29(39-8-3)33-34(28)25(24)21-15-22(30)26(23(16-21)36-7-2)38-17-20-12-10-18(4)11-13-20/h10-13,15-16,25H,6-9,14,17H2,1-5H3,(H,31,32,33). The number of allylic oxidation sites excluding steroid dienone is 1. The van der Waals surface area contributed by atoms with Gasteiger partial charge < -0.3 is 19.5 Å². The van der Waals surface area contributed by atoms with Crippen molar-refractivity contribution in [3.05, 3.63) is 68.8 Å². The van der Waals surface area contributed by atoms with Crippen LogP contribution >= 0.6 is 27.7 Å². The topological polar surface area (TPSA) is 87.5 Å². The van der Waals surface area contributed by atoms with E-state index in [1.807, 2.05) is 26.0 Å². The quantitative estimate of drug-likeness (QED) is 0.132. The Labute approximate surface area is 242 Å². The lowest BCUT2D eigenvalue weighted by Crippen LogP contribution is -2.30. The number of rotatable bonds is 12. The highest BCUT2D eigenvalue weighted by Gasteiger charge is 2.36. The van der Waals surface area contributed by atoms with E-state index in [1.54, 1.807) is 16.4 Å². The molecule has 2 aromatic carbocycles. The number of ether oxygens (including phenoxy) is 3. The molecule has 0 amide bonds. The van der Waals surface area contributed by atoms with E-state index in [0.29, 0.717) is 53.7 Å². The van der Waals surface area contributed by atoms with Gasteiger partial charge in [-0.2, -0.15) is 4.98 Å². The zero-order valence-corrected chi connectivity index (χ0v) is 25.4. The van der Waals surface area contributed by atoms with E-state index in [-0.39, 0.29) is 5.97 Å². The minimum atomic E-state index is -0.560. The van der Waals surface area contributed by atoms with Crippen molar-refractivity contribution in [3.8, 4) is 11.5 Å². The van der Waals surface area contributed by atoms with Crippen LogP contribution in [0.1, 0.15) is 63.3 Å². The van der Waals surface area contributed by atoms with Gasteiger partial charge in [0.15, 0.2) is 11.5 Å². The molecule has 1 atom stereocenters. The van der Waals surface area contributed by atoms with E-state index in [1.165, 1.54) is 5.56 Å². The van der Waals surface area contributed by atoms with Crippen molar-refractivity contribution in [2.45, 2.75) is 65.3 Å². The number of halogens is 1. The van der Waals surface area contributed by atoms with Crippen molar-refractivity contribution in [1.29, 1.82) is 0 Å². The fourth-order valence-electron chi connectivity index (χ4n) is 4.27. The van der Waals surface area contributed by atoms with Crippen molar-refractivity contribution in [3.63, 3.8) is 0 Å². The molecule has 1 aromatic heterocycles. The SMILES string of the molecule is CCCCOC(=O)C1=C(C)Nc2nc(SCC)nn2C1c1cc(Br)c(OCc2ccc(C)cc2)c(OCC)c1. The summed E-state index contributed by atoms with van der Waals surface area (Å²) in [6.07, 6.45) is 1.74. The third-order valence-corrected chi connectivity index (χ3v) is 7.52. The first kappa shape index (κ1) is 29.0. The maximum Gasteiger partial charge on any atom is 0.338 e. The number of nitrogens with one attached hydrogen (secondary N) is 1. The van der Waals surface area contributed by atoms with Gasteiger partial charge in [-0.3, -0.25) is 0 Å². The fourth-order valence-corrected chi connectivity index (χ4v) is 5.40. The molecule has 1 aliphatic rings. The van der Waals surface area contributed by atoms with Gasteiger partial charge in [0.1, 0.15) is 12.6 Å². The predicted octanol–water partition coefficient (Wildman–Crippen LogP) is 7.07. The molecule has 0 saturated carbocycles. The van der Waals surface area contributed by atoms with Crippen LogP contribution in [-0.4, -0.2) is 39.7 Å². The molecule has 208 valence electrons. The number of nitrogens with zero attached hydrogens (tertiary/aromatic N) is 3. The molecule has 3 aromatic rings. The summed E-state index contributed by atoms with van der Waals surface area (Å²) < 4.78 is 20.4. The minimum Gasteiger partial charge on any atom is -0.490 e. The Morgan fingerprint density at radius 2 is 1.90 bits per heavy atom. The van der Waals surface area contributed by atoms with E-state index in [2.05, 4.69) is 71.3 Å². The molecule has 0 saturated heterocycles. The minimum absolute atomic E-state index is 0.361. The summed E-state index contributed by atoms with van der Waals surface area (Å²) in [5, 5.41) is 8.64. The van der Waals surface area contributed by atoms with Crippen LogP contribution in [0.3, 0.4) is 0 Å². The predicted molar refractivity (Wildman–Crippen MR) is 158 cm³/mol. The van der Waals surface area contributed by atoms with Crippen molar-refractivity contribution >= 4 is 39.6 Å². The highest BCUT2D eigenvalue weighted by molar-refractivity contribution is 9.10. The van der Waals surface area contributed by atoms with E-state index in [9.17, 15) is 4.79 Å². The number of aromatic nitrogens is 3. The molecular formula is C29H35BrN4O4S. The number of benzene rings is 2. The molecule has 0 bridgehead atoms. The summed E-state index contributed by atoms with van der Waals surface area (Å²) in [5.41, 5.74) is 4.22. The normalized spacial score (nSPS) is 14.6. The average Bonchev–Trinajstić information content (AvgIpc) is 3.30. The molecular weight excluding hydrogens is 580 g/mol. The number of hydrogen-bond acceptors (Lipinski definition) is 8. The highest BCUT2D eigenvalue weighted by atomic mass is 79.9. The first-order valence-corrected chi connectivity index (χ1v) is 15.0. The van der Waals surface area contributed by atoms with Crippen LogP contribution in [0, 0.1) is 6.92 Å². The Morgan fingerprint density at radius 1 is 1.13 bits per heavy atom. The molecule has 1 N–H and O–H groups in total. The van der Waals surface area contributed by atoms with Gasteiger partial charge in [0.05, 0.1) is 23.3 Å². The molecule has 2 heterocycles. The van der Waals surface area contributed by atoms with Crippen molar-refractivity contribution in [2.24, 2.45) is 0 Å². The summed E-state index contributed by atoms with van der Waals surface area (Å²) in [4.78, 5) is 18.1. The van der Waals surface area contributed by atoms with Crippen molar-refractivity contribution in [1.82, 2.24) is 14.8 Å². The Balaban J connectivity index is 1.75. The molecule has 39 heavy (non-hydrogen) atoms. The third-order valence-electron chi connectivity index (χ3n) is 6.21. The molecule has 1 unspecified atom stereocenters. The van der Waals surface area contributed by atoms with Gasteiger partial charge in [-0.05, 0) is 72.1 Å². The van der Waals surface area contributed by atoms with Crippen LogP contribution in [0.2, 0.25) is 0 Å². The molecule has 0 radical (unpaired) electrons. The Kier molecular flexibility index (Phi) is 9.96. The van der Waals surface area contributed by atoms with Crippen LogP contribution in [-0.2, 0) is 16.1 Å². The number of thioether (sulfide) groups is 1. The van der Waals surface area contributed by atoms with E-state index in [0.717, 1.165) is 34.2 Å². The second kappa shape index (κ2) is 13.4. The number of anilines is 1. The summed E-state index contributed by atoms with van der Waals surface area (Å²) in [7, 11) is 0. The maximum absolute atomic E-state index is 13.4. The highest BCUT2D eigenvalue weighted by Crippen LogP contribution is 2.43. The number of hydrogen-bond donors (Lipinski definition) is 1. The van der Waals surface area contributed by atoms with Crippen LogP contribution in [0.5, 0.6) is 11.5 Å². The zero-order valence-electron chi connectivity index (χ0n) is 23.0. The van der Waals surface area contributed by atoms with Crippen LogP contribution in [0.15, 0.2) is 57.3 Å². The second-order valence-electron chi connectivity index (χ2n) is 9.19. The van der Waals surface area contributed by atoms with Gasteiger partial charge in [-0.25, -0.2) is 9.48 Å². The van der Waals surface area contributed by atoms with E-state index < -0.39 is 6.04 Å². The van der Waals surface area contributed by atoms with Gasteiger partial charge in [-0.15, -0.1) is 5.10 Å². The van der Waals surface area contributed by atoms with Crippen LogP contribution in [0.25, 0.3) is 0 Å². The maximum atomic E-state index is 13.4. The lowest BCUT2D eigenvalue weighted by Gasteiger charge is -2.29. The number of carbonyl (C=O) groups excluding carboxylic acids is 1. The third kappa shape index (κ3) is 6.78. The summed E-state index contributed by atoms with van der Waals surface area (Å²) in [6, 6.07) is 11.5. The largest absolute Gasteiger partial charge is 0.490 e. The Hall–Kier alpha value is -2.98. The number of aryl methyl sites for hydroxylation is 1. The lowest BCUT2D eigenvalue weighted by atomic mass is 9.95. The van der Waals surface area contributed by atoms with Gasteiger partial charge in [-0.1, -0.05) is 61.9 Å². The van der Waals surface area contributed by atoms with Crippen molar-refractivity contribution in [2.75, 3.05) is 24.3 Å². The van der Waals surface area contributed by atoms with E-state index in [4.69, 9.17) is 19.3 Å². The number of unbranched alkanes of at least 4 members (excludes halogenated alkanes) is 1. The van der Waals surface area contributed by atoms with Gasteiger partial charge >= 0.3 is 5.97 Å². The average molecular weight is 616 g/mol. The monoisotopic (exact) mass is 614 g/mol. The first-order valence-electron chi connectivity index (χ1n) is 13.2. The second-order valence-corrected chi connectivity index (χ2v) is 11.3. The molecule has 1 aliphatic heterocycles. The molecule has 0 spiro atoms. The Bertz CT molecular complexity index is 1340.